The predicted molar refractivity (Wildman–Crippen MR) is 66.4 cm³/mol. The van der Waals surface area contributed by atoms with Crippen molar-refractivity contribution in [1.29, 1.82) is 0 Å². The van der Waals surface area contributed by atoms with Gasteiger partial charge in [0.1, 0.15) is 0 Å². The first-order chi connectivity index (χ1) is 8.39. The summed E-state index contributed by atoms with van der Waals surface area (Å²) in [6, 6.07) is 6.23. The van der Waals surface area contributed by atoms with Crippen molar-refractivity contribution in [3.05, 3.63) is 24.3 Å². The molecule has 1 heterocycles. The molecular weight excluding hydrogens is 278 g/mol. The molecule has 96 valence electrons. The van der Waals surface area contributed by atoms with Gasteiger partial charge in [0.2, 0.25) is 5.16 Å². The van der Waals surface area contributed by atoms with E-state index in [1.807, 2.05) is 0 Å². The van der Waals surface area contributed by atoms with Crippen molar-refractivity contribution in [2.45, 2.75) is 5.16 Å². The zero-order valence-electron chi connectivity index (χ0n) is 9.16. The highest BCUT2D eigenvalue weighted by Gasteiger charge is 2.14. The Bertz CT molecular complexity index is 652. The van der Waals surface area contributed by atoms with Gasteiger partial charge in [-0.2, -0.15) is 13.1 Å². The molecule has 0 amide bonds. The van der Waals surface area contributed by atoms with Crippen molar-refractivity contribution < 1.29 is 13.0 Å². The largest absolute Gasteiger partial charge is 0.359 e. The summed E-state index contributed by atoms with van der Waals surface area (Å²) in [5.74, 6) is 0. The number of benzene rings is 1. The van der Waals surface area contributed by atoms with Crippen molar-refractivity contribution in [3.8, 4) is 5.69 Å². The molecule has 0 bridgehead atoms. The van der Waals surface area contributed by atoms with E-state index in [0.717, 1.165) is 4.31 Å². The van der Waals surface area contributed by atoms with Crippen LogP contribution in [0, 0.1) is 0 Å². The third kappa shape index (κ3) is 2.44. The zero-order valence-corrected chi connectivity index (χ0v) is 10.9. The highest BCUT2D eigenvalue weighted by Crippen LogP contribution is 2.18. The molecule has 18 heavy (non-hydrogen) atoms. The molecule has 10 heteroatoms. The van der Waals surface area contributed by atoms with Gasteiger partial charge in [-0.25, -0.2) is 0 Å². The molecule has 2 aromatic rings. The molecule has 0 unspecified atom stereocenters. The predicted octanol–water partition coefficient (Wildman–Crippen LogP) is 0.190. The third-order valence-corrected chi connectivity index (χ3v) is 3.44. The van der Waals surface area contributed by atoms with E-state index >= 15 is 0 Å². The van der Waals surface area contributed by atoms with Gasteiger partial charge in [-0.3, -0.25) is 8.86 Å². The van der Waals surface area contributed by atoms with E-state index < -0.39 is 10.3 Å². The summed E-state index contributed by atoms with van der Waals surface area (Å²) in [5, 5.41) is 11.1. The minimum atomic E-state index is -4.26. The molecule has 8 nitrogen and oxygen atoms in total. The normalized spacial score (nSPS) is 11.5. The van der Waals surface area contributed by atoms with Crippen molar-refractivity contribution >= 4 is 28.6 Å². The highest BCUT2D eigenvalue weighted by molar-refractivity contribution is 7.87. The summed E-state index contributed by atoms with van der Waals surface area (Å²) >= 11 is 4.05. The number of thiol groups is 1. The van der Waals surface area contributed by atoms with E-state index in [1.165, 1.54) is 23.9 Å². The fraction of sp³-hybridized carbons (Fsp3) is 0.125. The molecule has 0 radical (unpaired) electrons. The van der Waals surface area contributed by atoms with Gasteiger partial charge >= 0.3 is 10.3 Å². The van der Waals surface area contributed by atoms with Crippen molar-refractivity contribution in [2.24, 2.45) is 0 Å². The minimum Gasteiger partial charge on any atom is -0.269 e. The van der Waals surface area contributed by atoms with Crippen LogP contribution in [-0.4, -0.2) is 40.2 Å². The van der Waals surface area contributed by atoms with Gasteiger partial charge in [0.15, 0.2) is 0 Å². The van der Waals surface area contributed by atoms with Crippen LogP contribution in [0.1, 0.15) is 0 Å². The Balaban J connectivity index is 2.35. The van der Waals surface area contributed by atoms with Crippen molar-refractivity contribution in [1.82, 2.24) is 20.2 Å². The number of hydrogen-bond donors (Lipinski definition) is 2. The second-order valence-electron chi connectivity index (χ2n) is 3.35. The zero-order chi connectivity index (χ0) is 13.3. The lowest BCUT2D eigenvalue weighted by Gasteiger charge is -2.15. The number of tetrazole rings is 1. The second-order valence-corrected chi connectivity index (χ2v) is 5.20. The number of nitrogens with zero attached hydrogens (tertiary/aromatic N) is 5. The van der Waals surface area contributed by atoms with Gasteiger partial charge in [0.05, 0.1) is 11.4 Å². The van der Waals surface area contributed by atoms with Gasteiger partial charge in [-0.1, -0.05) is 0 Å². The van der Waals surface area contributed by atoms with E-state index in [2.05, 4.69) is 28.2 Å². The smallest absolute Gasteiger partial charge is 0.269 e. The Morgan fingerprint density at radius 2 is 1.94 bits per heavy atom. The van der Waals surface area contributed by atoms with E-state index in [4.69, 9.17) is 4.55 Å². The first-order valence-electron chi connectivity index (χ1n) is 4.69. The summed E-state index contributed by atoms with van der Waals surface area (Å²) in [6.07, 6.45) is 0. The molecule has 1 aromatic heterocycles. The average Bonchev–Trinajstić information content (AvgIpc) is 2.73. The summed E-state index contributed by atoms with van der Waals surface area (Å²) in [6.45, 7) is 0. The first-order valence-corrected chi connectivity index (χ1v) is 6.53. The molecule has 0 spiro atoms. The van der Waals surface area contributed by atoms with Crippen LogP contribution >= 0.6 is 12.6 Å². The van der Waals surface area contributed by atoms with Gasteiger partial charge in [-0.15, -0.1) is 17.7 Å². The lowest BCUT2D eigenvalue weighted by atomic mass is 10.3. The maximum Gasteiger partial charge on any atom is 0.359 e. The third-order valence-electron chi connectivity index (χ3n) is 2.26. The standard InChI is InChI=1S/C8H9N5O3S2/c1-12(18(14,15)16)6-2-4-7(5-3-6)13-8(17)9-10-11-13/h2-5H,1H3,(H,9,11,17)(H,14,15,16). The van der Waals surface area contributed by atoms with Crippen LogP contribution in [0.15, 0.2) is 29.4 Å². The average molecular weight is 287 g/mol. The Morgan fingerprint density at radius 1 is 1.33 bits per heavy atom. The molecular formula is C8H9N5O3S2. The first kappa shape index (κ1) is 12.8. The van der Waals surface area contributed by atoms with Crippen LogP contribution in [-0.2, 0) is 10.3 Å². The summed E-state index contributed by atoms with van der Waals surface area (Å²) < 4.78 is 32.9. The number of aromatic nitrogens is 4. The van der Waals surface area contributed by atoms with Gasteiger partial charge in [-0.05, 0) is 34.7 Å². The molecule has 0 aliphatic carbocycles. The molecule has 0 aliphatic heterocycles. The van der Waals surface area contributed by atoms with Crippen molar-refractivity contribution in [3.63, 3.8) is 0 Å². The minimum absolute atomic E-state index is 0.311. The number of hydrogen-bond acceptors (Lipinski definition) is 6. The van der Waals surface area contributed by atoms with Crippen LogP contribution in [0.5, 0.6) is 0 Å². The summed E-state index contributed by atoms with van der Waals surface area (Å²) in [7, 11) is -3.02. The molecule has 1 aromatic carbocycles. The van der Waals surface area contributed by atoms with Gasteiger partial charge < -0.3 is 0 Å². The topological polar surface area (TPSA) is 101 Å². The monoisotopic (exact) mass is 287 g/mol. The van der Waals surface area contributed by atoms with Crippen LogP contribution < -0.4 is 4.31 Å². The Labute approximate surface area is 109 Å². The van der Waals surface area contributed by atoms with Crippen LogP contribution in [0.4, 0.5) is 5.69 Å². The van der Waals surface area contributed by atoms with Crippen LogP contribution in [0.25, 0.3) is 5.69 Å². The quantitative estimate of drug-likeness (QED) is 0.617. The van der Waals surface area contributed by atoms with E-state index in [0.29, 0.717) is 16.5 Å². The molecule has 0 saturated heterocycles. The maximum atomic E-state index is 10.9. The molecule has 0 saturated carbocycles. The van der Waals surface area contributed by atoms with Crippen LogP contribution in [0.2, 0.25) is 0 Å². The maximum absolute atomic E-state index is 10.9. The Hall–Kier alpha value is -1.65. The highest BCUT2D eigenvalue weighted by atomic mass is 32.2. The molecule has 1 N–H and O–H groups in total. The van der Waals surface area contributed by atoms with E-state index in [1.54, 1.807) is 12.1 Å². The van der Waals surface area contributed by atoms with Crippen LogP contribution in [0.3, 0.4) is 0 Å². The second kappa shape index (κ2) is 4.55. The van der Waals surface area contributed by atoms with Crippen molar-refractivity contribution in [2.75, 3.05) is 11.4 Å². The lowest BCUT2D eigenvalue weighted by Crippen LogP contribution is -2.25. The van der Waals surface area contributed by atoms with Gasteiger partial charge in [0, 0.05) is 7.05 Å². The molecule has 0 fully saturated rings. The van der Waals surface area contributed by atoms with E-state index in [9.17, 15) is 8.42 Å². The Morgan fingerprint density at radius 3 is 2.39 bits per heavy atom. The lowest BCUT2D eigenvalue weighted by molar-refractivity contribution is 0.481. The number of rotatable bonds is 3. The fourth-order valence-corrected chi connectivity index (χ4v) is 1.87. The molecule has 0 atom stereocenters. The summed E-state index contributed by atoms with van der Waals surface area (Å²) in [4.78, 5) is 0. The molecule has 0 aliphatic rings. The van der Waals surface area contributed by atoms with E-state index in [-0.39, 0.29) is 0 Å². The molecule has 2 rings (SSSR count). The summed E-state index contributed by atoms with van der Waals surface area (Å²) in [5.41, 5.74) is 0.938. The SMILES string of the molecule is CN(c1ccc(-n2nnnc2S)cc1)S(=O)(=O)O. The number of anilines is 1. The van der Waals surface area contributed by atoms with Gasteiger partial charge in [0.25, 0.3) is 0 Å². The Kier molecular flexibility index (Phi) is 3.24. The fourth-order valence-electron chi connectivity index (χ4n) is 1.29.